The summed E-state index contributed by atoms with van der Waals surface area (Å²) in [5.41, 5.74) is 7.56. The first-order chi connectivity index (χ1) is 23.7. The predicted molar refractivity (Wildman–Crippen MR) is 190 cm³/mol. The third-order valence-electron chi connectivity index (χ3n) is 9.33. The van der Waals surface area contributed by atoms with Gasteiger partial charge in [-0.3, -0.25) is 19.5 Å². The van der Waals surface area contributed by atoms with Gasteiger partial charge in [0.25, 0.3) is 11.5 Å². The van der Waals surface area contributed by atoms with Crippen LogP contribution >= 0.6 is 0 Å². The van der Waals surface area contributed by atoms with Crippen LogP contribution in [0.4, 0.5) is 17.2 Å². The first-order valence-corrected chi connectivity index (χ1v) is 16.3. The van der Waals surface area contributed by atoms with Crippen LogP contribution in [0.1, 0.15) is 33.7 Å². The van der Waals surface area contributed by atoms with Crippen molar-refractivity contribution in [3.05, 3.63) is 106 Å². The van der Waals surface area contributed by atoms with Crippen molar-refractivity contribution in [1.82, 2.24) is 29.0 Å². The lowest BCUT2D eigenvalue weighted by Crippen LogP contribution is -2.21. The van der Waals surface area contributed by atoms with E-state index in [0.717, 1.165) is 63.9 Å². The molecular weight excluding hydrogens is 620 g/mol. The molecule has 0 aliphatic carbocycles. The van der Waals surface area contributed by atoms with Crippen LogP contribution in [0.5, 0.6) is 0 Å². The van der Waals surface area contributed by atoms with E-state index < -0.39 is 5.91 Å². The molecule has 0 unspecified atom stereocenters. The molecule has 5 heterocycles. The molecule has 250 valence electrons. The van der Waals surface area contributed by atoms with Crippen molar-refractivity contribution in [2.24, 2.45) is 7.05 Å². The number of aliphatic hydroxyl groups excluding tert-OH is 2. The third kappa shape index (κ3) is 6.17. The molecule has 0 bridgehead atoms. The van der Waals surface area contributed by atoms with Crippen LogP contribution < -0.4 is 16.2 Å². The van der Waals surface area contributed by atoms with Crippen LogP contribution in [0, 0.1) is 13.8 Å². The number of likely N-dealkylation sites (tertiary alicyclic amines) is 1. The van der Waals surface area contributed by atoms with Crippen molar-refractivity contribution in [2.75, 3.05) is 30.3 Å². The minimum absolute atomic E-state index is 0.110. The first-order valence-electron chi connectivity index (χ1n) is 16.3. The number of carbonyl (C=O) groups is 1. The summed E-state index contributed by atoms with van der Waals surface area (Å²) in [6.45, 7) is 6.29. The van der Waals surface area contributed by atoms with Crippen molar-refractivity contribution in [2.45, 2.75) is 39.5 Å². The molecule has 12 heteroatoms. The molecule has 0 spiro atoms. The molecule has 0 radical (unpaired) electrons. The second kappa shape index (κ2) is 13.2. The Labute approximate surface area is 282 Å². The molecule has 1 amide bonds. The van der Waals surface area contributed by atoms with Crippen molar-refractivity contribution in [3.8, 4) is 11.1 Å². The van der Waals surface area contributed by atoms with Gasteiger partial charge in [0.2, 0.25) is 0 Å². The summed E-state index contributed by atoms with van der Waals surface area (Å²) in [4.78, 5) is 42.4. The van der Waals surface area contributed by atoms with Crippen molar-refractivity contribution >= 4 is 45.0 Å². The number of nitrogens with one attached hydrogen (secondary N) is 2. The number of β-amino-alcohol motifs (C(OH)–C–C–N with tert-alkyl or cyclic N) is 1. The number of aryl methyl sites for hydroxylation is 1. The Morgan fingerprint density at radius 3 is 2.49 bits per heavy atom. The highest BCUT2D eigenvalue weighted by Gasteiger charge is 2.22. The topological polar surface area (TPSA) is 150 Å². The van der Waals surface area contributed by atoms with E-state index >= 15 is 0 Å². The second-order valence-corrected chi connectivity index (χ2v) is 12.6. The SMILES string of the molecule is Cc1c(NC(=O)c2nc3c(=O)n(CCO)ccc3n2C)cccc1-c1cccc(Nc2nccc3cc(CN4CC[C@@H](O)C4)cnc23)c1C. The number of hydrogen-bond acceptors (Lipinski definition) is 9. The van der Waals surface area contributed by atoms with Crippen LogP contribution in [0.3, 0.4) is 0 Å². The van der Waals surface area contributed by atoms with E-state index in [-0.39, 0.29) is 36.2 Å². The Hall–Kier alpha value is -5.43. The van der Waals surface area contributed by atoms with Crippen molar-refractivity contribution < 1.29 is 15.0 Å². The van der Waals surface area contributed by atoms with E-state index in [1.54, 1.807) is 30.1 Å². The maximum Gasteiger partial charge on any atom is 0.291 e. The van der Waals surface area contributed by atoms with E-state index in [9.17, 15) is 19.8 Å². The van der Waals surface area contributed by atoms with Gasteiger partial charge in [-0.2, -0.15) is 0 Å². The number of imidazole rings is 1. The zero-order valence-electron chi connectivity index (χ0n) is 27.6. The normalized spacial score (nSPS) is 14.9. The highest BCUT2D eigenvalue weighted by Crippen LogP contribution is 2.35. The largest absolute Gasteiger partial charge is 0.395 e. The number of benzene rings is 2. The highest BCUT2D eigenvalue weighted by molar-refractivity contribution is 6.04. The summed E-state index contributed by atoms with van der Waals surface area (Å²) in [6.07, 6.45) is 5.80. The van der Waals surface area contributed by atoms with Gasteiger partial charge in [0.05, 0.1) is 18.2 Å². The average molecular weight is 659 g/mol. The summed E-state index contributed by atoms with van der Waals surface area (Å²) >= 11 is 0. The van der Waals surface area contributed by atoms with Gasteiger partial charge in [0, 0.05) is 68.6 Å². The van der Waals surface area contributed by atoms with Gasteiger partial charge in [-0.05, 0) is 78.4 Å². The number of aromatic nitrogens is 5. The standard InChI is InChI=1S/C37H38N8O4/c1-22-27(6-4-8-29(22)40-34-32-25(10-13-38-34)18-24(19-39-32)20-44-14-11-26(47)21-44)28-7-5-9-30(23(28)2)41-36(48)35-42-33-31(43(35)3)12-15-45(16-17-46)37(33)49/h4-10,12-13,15,18-19,26,46-47H,11,14,16-17,20-21H2,1-3H3,(H,38,40)(H,41,48)/t26-/m1/s1. The summed E-state index contributed by atoms with van der Waals surface area (Å²) in [7, 11) is 1.70. The van der Waals surface area contributed by atoms with Gasteiger partial charge in [0.1, 0.15) is 5.52 Å². The van der Waals surface area contributed by atoms with Gasteiger partial charge >= 0.3 is 0 Å². The Balaban J connectivity index is 1.14. The number of amides is 1. The molecule has 1 fully saturated rings. The van der Waals surface area contributed by atoms with Gasteiger partial charge in [-0.25, -0.2) is 9.97 Å². The molecule has 49 heavy (non-hydrogen) atoms. The van der Waals surface area contributed by atoms with Gasteiger partial charge in [0.15, 0.2) is 17.2 Å². The summed E-state index contributed by atoms with van der Waals surface area (Å²) < 4.78 is 2.98. The molecule has 1 atom stereocenters. The van der Waals surface area contributed by atoms with E-state index in [1.807, 2.05) is 62.5 Å². The molecule has 7 rings (SSSR count). The van der Waals surface area contributed by atoms with Crippen LogP contribution in [0.2, 0.25) is 0 Å². The quantitative estimate of drug-likeness (QED) is 0.176. The maximum atomic E-state index is 13.5. The average Bonchev–Trinajstić information content (AvgIpc) is 3.66. The molecule has 4 N–H and O–H groups in total. The Bertz CT molecular complexity index is 2280. The van der Waals surface area contributed by atoms with Crippen molar-refractivity contribution in [3.63, 3.8) is 0 Å². The number of fused-ring (bicyclic) bond motifs is 2. The fraction of sp³-hybridized carbons (Fsp3) is 0.270. The van der Waals surface area contributed by atoms with Crippen LogP contribution in [-0.2, 0) is 20.1 Å². The molecule has 1 aliphatic heterocycles. The lowest BCUT2D eigenvalue weighted by atomic mass is 9.94. The van der Waals surface area contributed by atoms with Gasteiger partial charge in [-0.1, -0.05) is 24.3 Å². The number of hydrogen-bond donors (Lipinski definition) is 4. The van der Waals surface area contributed by atoms with Crippen LogP contribution in [0.15, 0.2) is 78.0 Å². The zero-order chi connectivity index (χ0) is 34.2. The molecule has 1 saturated heterocycles. The Kier molecular flexibility index (Phi) is 8.68. The van der Waals surface area contributed by atoms with Crippen LogP contribution in [-0.4, -0.2) is 70.9 Å². The highest BCUT2D eigenvalue weighted by atomic mass is 16.3. The number of pyridine rings is 3. The Morgan fingerprint density at radius 1 is 1.00 bits per heavy atom. The number of nitrogens with zero attached hydrogens (tertiary/aromatic N) is 6. The minimum Gasteiger partial charge on any atom is -0.395 e. The molecule has 4 aromatic heterocycles. The molecular formula is C37H38N8O4. The second-order valence-electron chi connectivity index (χ2n) is 12.6. The fourth-order valence-corrected chi connectivity index (χ4v) is 6.64. The zero-order valence-corrected chi connectivity index (χ0v) is 27.6. The summed E-state index contributed by atoms with van der Waals surface area (Å²) in [5.74, 6) is 0.332. The third-order valence-corrected chi connectivity index (χ3v) is 9.33. The van der Waals surface area contributed by atoms with Gasteiger partial charge in [-0.15, -0.1) is 0 Å². The summed E-state index contributed by atoms with van der Waals surface area (Å²) in [5, 5.41) is 26.7. The monoisotopic (exact) mass is 658 g/mol. The number of aliphatic hydroxyl groups is 2. The van der Waals surface area contributed by atoms with E-state index in [1.165, 1.54) is 4.57 Å². The summed E-state index contributed by atoms with van der Waals surface area (Å²) in [6, 6.07) is 17.6. The van der Waals surface area contributed by atoms with Crippen LogP contribution in [0.25, 0.3) is 33.1 Å². The van der Waals surface area contributed by atoms with E-state index in [4.69, 9.17) is 4.98 Å². The predicted octanol–water partition coefficient (Wildman–Crippen LogP) is 4.52. The number of carbonyl (C=O) groups excluding carboxylic acids is 1. The minimum atomic E-state index is -0.435. The molecule has 1 aliphatic rings. The van der Waals surface area contributed by atoms with E-state index in [2.05, 4.69) is 31.6 Å². The van der Waals surface area contributed by atoms with Gasteiger partial charge < -0.3 is 30.0 Å². The Morgan fingerprint density at radius 2 is 1.76 bits per heavy atom. The fourth-order valence-electron chi connectivity index (χ4n) is 6.64. The molecule has 0 saturated carbocycles. The first kappa shape index (κ1) is 32.1. The molecule has 2 aromatic carbocycles. The maximum absolute atomic E-state index is 13.5. The number of rotatable bonds is 9. The molecule has 12 nitrogen and oxygen atoms in total. The molecule has 6 aromatic rings. The van der Waals surface area contributed by atoms with E-state index in [0.29, 0.717) is 23.6 Å². The lowest BCUT2D eigenvalue weighted by Gasteiger charge is -2.18. The lowest BCUT2D eigenvalue weighted by molar-refractivity contribution is 0.101. The van der Waals surface area contributed by atoms with Crippen molar-refractivity contribution in [1.29, 1.82) is 0 Å². The smallest absolute Gasteiger partial charge is 0.291 e. The number of anilines is 3.